The fraction of sp³-hybridized carbons (Fsp3) is 0.757. The summed E-state index contributed by atoms with van der Waals surface area (Å²) < 4.78 is 0. The summed E-state index contributed by atoms with van der Waals surface area (Å²) in [6.45, 7) is 17.1. The Morgan fingerprint density at radius 3 is 1.06 bits per heavy atom. The lowest BCUT2D eigenvalue weighted by Crippen LogP contribution is -2.50. The SMILES string of the molecule is CC(=O)CC[C@H](NC(=O)N[C@@H](CCCCC(=O)C(C)C)C(C)=O)C(C)=O.CC(=O)CC[C@H](NC(=O)N[C@@H](CCCCNC(C)C)C(C)=O)C(C)=O. The van der Waals surface area contributed by atoms with Gasteiger partial charge in [0.2, 0.25) is 0 Å². The zero-order chi connectivity index (χ0) is 39.7. The molecule has 0 aliphatic rings. The normalized spacial score (nSPS) is 13.1. The minimum atomic E-state index is -0.754. The molecule has 0 aliphatic heterocycles. The van der Waals surface area contributed by atoms with Crippen LogP contribution in [0.3, 0.4) is 0 Å². The molecule has 0 spiro atoms. The Kier molecular flexibility index (Phi) is 26.9. The molecule has 0 saturated heterocycles. The Morgan fingerprint density at radius 1 is 0.431 bits per heavy atom. The minimum Gasteiger partial charge on any atom is -0.328 e. The van der Waals surface area contributed by atoms with Crippen LogP contribution in [-0.4, -0.2) is 89.3 Å². The van der Waals surface area contributed by atoms with Crippen LogP contribution in [-0.2, 0) is 33.6 Å². The maximum atomic E-state index is 12.1. The number of rotatable bonds is 26. The number of Topliss-reactive ketones (excluding diaryl/α,β-unsaturated/α-hetero) is 7. The molecule has 0 fully saturated rings. The topological polar surface area (TPSA) is 214 Å². The van der Waals surface area contributed by atoms with Gasteiger partial charge < -0.3 is 36.2 Å². The molecule has 0 aromatic heterocycles. The van der Waals surface area contributed by atoms with E-state index in [4.69, 9.17) is 0 Å². The van der Waals surface area contributed by atoms with E-state index >= 15 is 0 Å². The van der Waals surface area contributed by atoms with Gasteiger partial charge in [0.15, 0.2) is 23.1 Å². The molecule has 0 heterocycles. The lowest BCUT2D eigenvalue weighted by atomic mass is 10.00. The number of carbonyl (C=O) groups is 9. The first-order chi connectivity index (χ1) is 23.7. The van der Waals surface area contributed by atoms with Gasteiger partial charge in [0.05, 0.1) is 24.2 Å². The van der Waals surface area contributed by atoms with Crippen LogP contribution in [0.25, 0.3) is 0 Å². The molecule has 0 unspecified atom stereocenters. The van der Waals surface area contributed by atoms with E-state index in [-0.39, 0.29) is 72.1 Å². The second-order valence-electron chi connectivity index (χ2n) is 13.8. The highest BCUT2D eigenvalue weighted by Gasteiger charge is 2.23. The molecule has 0 bridgehead atoms. The van der Waals surface area contributed by atoms with E-state index in [1.807, 2.05) is 13.8 Å². The molecule has 0 aromatic rings. The maximum absolute atomic E-state index is 12.1. The minimum absolute atomic E-state index is 0.000948. The summed E-state index contributed by atoms with van der Waals surface area (Å²) in [6.07, 6.45) is 5.42. The molecule has 51 heavy (non-hydrogen) atoms. The monoisotopic (exact) mass is 723 g/mol. The lowest BCUT2D eigenvalue weighted by molar-refractivity contribution is -0.122. The molecular weight excluding hydrogens is 658 g/mol. The van der Waals surface area contributed by atoms with Crippen LogP contribution < -0.4 is 26.6 Å². The highest BCUT2D eigenvalue weighted by Crippen LogP contribution is 2.09. The van der Waals surface area contributed by atoms with Crippen molar-refractivity contribution in [2.24, 2.45) is 5.92 Å². The average Bonchev–Trinajstić information content (AvgIpc) is 3.01. The van der Waals surface area contributed by atoms with Crippen molar-refractivity contribution < 1.29 is 43.2 Å². The average molecular weight is 724 g/mol. The van der Waals surface area contributed by atoms with E-state index < -0.39 is 36.2 Å². The predicted octanol–water partition coefficient (Wildman–Crippen LogP) is 4.09. The van der Waals surface area contributed by atoms with Gasteiger partial charge in [-0.25, -0.2) is 9.59 Å². The van der Waals surface area contributed by atoms with Crippen LogP contribution in [0.1, 0.15) is 140 Å². The van der Waals surface area contributed by atoms with Crippen molar-refractivity contribution in [1.29, 1.82) is 0 Å². The van der Waals surface area contributed by atoms with Crippen LogP contribution in [0.4, 0.5) is 9.59 Å². The zero-order valence-corrected chi connectivity index (χ0v) is 32.6. The molecule has 0 aromatic carbocycles. The Bertz CT molecular complexity index is 1170. The largest absolute Gasteiger partial charge is 0.328 e. The van der Waals surface area contributed by atoms with Gasteiger partial charge >= 0.3 is 12.1 Å². The second kappa shape index (κ2) is 27.9. The number of nitrogens with one attached hydrogen (secondary N) is 5. The first kappa shape index (κ1) is 49.3. The molecule has 14 nitrogen and oxygen atoms in total. The summed E-state index contributed by atoms with van der Waals surface area (Å²) in [5.74, 6) is -0.663. The quantitative estimate of drug-likeness (QED) is 0.0806. The molecular formula is C37H65N5O9. The Morgan fingerprint density at radius 2 is 0.765 bits per heavy atom. The van der Waals surface area contributed by atoms with Gasteiger partial charge in [-0.3, -0.25) is 24.0 Å². The highest BCUT2D eigenvalue weighted by molar-refractivity contribution is 5.91. The lowest BCUT2D eigenvalue weighted by Gasteiger charge is -2.20. The van der Waals surface area contributed by atoms with Crippen molar-refractivity contribution in [1.82, 2.24) is 26.6 Å². The summed E-state index contributed by atoms with van der Waals surface area (Å²) in [7, 11) is 0. The zero-order valence-electron chi connectivity index (χ0n) is 32.6. The number of carbonyl (C=O) groups excluding carboxylic acids is 9. The van der Waals surface area contributed by atoms with E-state index in [0.717, 1.165) is 19.4 Å². The third kappa shape index (κ3) is 27.6. The third-order valence-electron chi connectivity index (χ3n) is 8.04. The summed E-state index contributed by atoms with van der Waals surface area (Å²) in [5.41, 5.74) is 0. The van der Waals surface area contributed by atoms with Crippen molar-refractivity contribution in [2.75, 3.05) is 6.54 Å². The Hall–Kier alpha value is -3.81. The van der Waals surface area contributed by atoms with Gasteiger partial charge in [0, 0.05) is 31.2 Å². The number of unbranched alkanes of at least 4 members (excludes halogenated alkanes) is 2. The van der Waals surface area contributed by atoms with Crippen molar-refractivity contribution in [3.05, 3.63) is 0 Å². The fourth-order valence-electron chi connectivity index (χ4n) is 4.72. The highest BCUT2D eigenvalue weighted by atomic mass is 16.2. The molecule has 4 atom stereocenters. The number of ketones is 7. The van der Waals surface area contributed by atoms with Crippen molar-refractivity contribution in [3.63, 3.8) is 0 Å². The van der Waals surface area contributed by atoms with Crippen LogP contribution in [0, 0.1) is 5.92 Å². The number of urea groups is 2. The third-order valence-corrected chi connectivity index (χ3v) is 8.04. The summed E-state index contributed by atoms with van der Waals surface area (Å²) >= 11 is 0. The fourth-order valence-corrected chi connectivity index (χ4v) is 4.72. The number of hydrogen-bond acceptors (Lipinski definition) is 10. The molecule has 5 N–H and O–H groups in total. The predicted molar refractivity (Wildman–Crippen MR) is 196 cm³/mol. The van der Waals surface area contributed by atoms with E-state index in [1.54, 1.807) is 0 Å². The van der Waals surface area contributed by atoms with Crippen LogP contribution >= 0.6 is 0 Å². The standard InChI is InChI=1S/C19H32N2O5.C18H33N3O4/c1-12(2)18(25)9-7-6-8-16(14(4)23)20-19(26)21-17(15(5)24)11-10-13(3)22;1-12(2)19-11-7-6-8-16(14(4)23)20-18(25)21-17(15(5)24)10-9-13(3)22/h12,16-17H,6-11H2,1-5H3,(H2,20,21,26);12,16-17,19H,6-11H2,1-5H3,(H2,20,21,25)/t2*16-,17-/m00/s1. The molecule has 0 radical (unpaired) electrons. The Labute approximate surface area is 304 Å². The molecule has 292 valence electrons. The molecule has 0 aliphatic carbocycles. The van der Waals surface area contributed by atoms with Gasteiger partial charge in [-0.1, -0.05) is 34.1 Å². The first-order valence-electron chi connectivity index (χ1n) is 18.1. The maximum Gasteiger partial charge on any atom is 0.315 e. The number of amides is 4. The molecule has 0 rings (SSSR count). The van der Waals surface area contributed by atoms with Crippen molar-refractivity contribution in [3.8, 4) is 0 Å². The van der Waals surface area contributed by atoms with Crippen LogP contribution in [0.15, 0.2) is 0 Å². The molecule has 4 amide bonds. The summed E-state index contributed by atoms with van der Waals surface area (Å²) in [6, 6.07) is -3.44. The van der Waals surface area contributed by atoms with Gasteiger partial charge in [-0.15, -0.1) is 0 Å². The van der Waals surface area contributed by atoms with Crippen LogP contribution in [0.2, 0.25) is 0 Å². The van der Waals surface area contributed by atoms with Crippen LogP contribution in [0.5, 0.6) is 0 Å². The molecule has 14 heteroatoms. The summed E-state index contributed by atoms with van der Waals surface area (Å²) in [4.78, 5) is 104. The van der Waals surface area contributed by atoms with Crippen molar-refractivity contribution in [2.45, 2.75) is 170 Å². The van der Waals surface area contributed by atoms with E-state index in [1.165, 1.54) is 41.5 Å². The van der Waals surface area contributed by atoms with Crippen molar-refractivity contribution >= 4 is 52.5 Å². The summed E-state index contributed by atoms with van der Waals surface area (Å²) in [5, 5.41) is 13.6. The van der Waals surface area contributed by atoms with Gasteiger partial charge in [0.1, 0.15) is 17.3 Å². The van der Waals surface area contributed by atoms with E-state index in [0.29, 0.717) is 38.1 Å². The Balaban J connectivity index is 0. The van der Waals surface area contributed by atoms with E-state index in [2.05, 4.69) is 40.4 Å². The van der Waals surface area contributed by atoms with Gasteiger partial charge in [-0.05, 0) is 93.0 Å². The van der Waals surface area contributed by atoms with E-state index in [9.17, 15) is 43.2 Å². The smallest absolute Gasteiger partial charge is 0.315 e. The van der Waals surface area contributed by atoms with Gasteiger partial charge in [-0.2, -0.15) is 0 Å². The van der Waals surface area contributed by atoms with Gasteiger partial charge in [0.25, 0.3) is 0 Å². The number of hydrogen-bond donors (Lipinski definition) is 5. The first-order valence-corrected chi connectivity index (χ1v) is 18.1. The second-order valence-corrected chi connectivity index (χ2v) is 13.8. The molecule has 0 saturated carbocycles.